The van der Waals surface area contributed by atoms with Gasteiger partial charge in [-0.15, -0.1) is 6.58 Å². The molecule has 2 nitrogen and oxygen atoms in total. The van der Waals surface area contributed by atoms with Gasteiger partial charge in [-0.2, -0.15) is 11.8 Å². The van der Waals surface area contributed by atoms with Gasteiger partial charge < -0.3 is 0 Å². The number of hydrazine groups is 1. The molecule has 0 saturated carbocycles. The highest BCUT2D eigenvalue weighted by Gasteiger charge is 2.35. The van der Waals surface area contributed by atoms with Crippen LogP contribution < -0.4 is 11.3 Å². The average Bonchev–Trinajstić information content (AvgIpc) is 2.39. The molecule has 1 aliphatic rings. The van der Waals surface area contributed by atoms with Crippen LogP contribution in [-0.4, -0.2) is 16.5 Å². The minimum atomic E-state index is 0.245. The molecule has 3 N–H and O–H groups in total. The van der Waals surface area contributed by atoms with Crippen molar-refractivity contribution >= 4 is 11.8 Å². The summed E-state index contributed by atoms with van der Waals surface area (Å²) in [6.07, 6.45) is 4.43. The van der Waals surface area contributed by atoms with Crippen molar-refractivity contribution in [1.82, 2.24) is 5.43 Å². The lowest BCUT2D eigenvalue weighted by atomic mass is 9.97. The van der Waals surface area contributed by atoms with Crippen molar-refractivity contribution in [1.29, 1.82) is 0 Å². The number of nitrogens with two attached hydrogens (primary N) is 1. The molecular weight excluding hydrogens is 156 g/mol. The third-order valence-electron chi connectivity index (χ3n) is 2.32. The predicted molar refractivity (Wildman–Crippen MR) is 51.4 cm³/mol. The Kier molecular flexibility index (Phi) is 2.98. The van der Waals surface area contributed by atoms with Gasteiger partial charge in [0.05, 0.1) is 6.04 Å². The monoisotopic (exact) mass is 172 g/mol. The lowest BCUT2D eigenvalue weighted by molar-refractivity contribution is 0.470. The number of hydrogen-bond donors (Lipinski definition) is 2. The van der Waals surface area contributed by atoms with Gasteiger partial charge in [0.25, 0.3) is 0 Å². The summed E-state index contributed by atoms with van der Waals surface area (Å²) in [7, 11) is 0. The molecule has 1 fully saturated rings. The van der Waals surface area contributed by atoms with E-state index in [1.165, 1.54) is 18.6 Å². The van der Waals surface area contributed by atoms with Crippen LogP contribution in [0.3, 0.4) is 0 Å². The molecule has 11 heavy (non-hydrogen) atoms. The second kappa shape index (κ2) is 3.61. The van der Waals surface area contributed by atoms with Gasteiger partial charge in [-0.1, -0.05) is 6.08 Å². The lowest BCUT2D eigenvalue weighted by Gasteiger charge is -2.30. The van der Waals surface area contributed by atoms with Crippen molar-refractivity contribution in [3.05, 3.63) is 12.7 Å². The number of thioether (sulfide) groups is 1. The Labute approximate surface area is 72.6 Å². The van der Waals surface area contributed by atoms with Gasteiger partial charge >= 0.3 is 0 Å². The quantitative estimate of drug-likeness (QED) is 0.383. The molecule has 0 aliphatic carbocycles. The Balaban J connectivity index is 2.60. The van der Waals surface area contributed by atoms with Gasteiger partial charge in [0.15, 0.2) is 0 Å². The van der Waals surface area contributed by atoms with E-state index in [1.807, 2.05) is 17.8 Å². The SMILES string of the molecule is C=CC(NN)C1(C)CCCS1. The first-order valence-electron chi connectivity index (χ1n) is 3.95. The standard InChI is InChI=1S/C8H16N2S/c1-3-7(10-9)8(2)5-4-6-11-8/h3,7,10H,1,4-6,9H2,2H3. The van der Waals surface area contributed by atoms with Gasteiger partial charge in [-0.25, -0.2) is 0 Å². The van der Waals surface area contributed by atoms with Gasteiger partial charge in [0, 0.05) is 4.75 Å². The summed E-state index contributed by atoms with van der Waals surface area (Å²) in [5.74, 6) is 6.67. The van der Waals surface area contributed by atoms with Crippen LogP contribution in [-0.2, 0) is 0 Å². The molecule has 0 radical (unpaired) electrons. The van der Waals surface area contributed by atoms with Crippen molar-refractivity contribution in [2.45, 2.75) is 30.6 Å². The molecule has 1 saturated heterocycles. The Hall–Kier alpha value is 0.0100. The van der Waals surface area contributed by atoms with E-state index in [0.29, 0.717) is 0 Å². The van der Waals surface area contributed by atoms with Crippen molar-refractivity contribution in [2.24, 2.45) is 5.84 Å². The third kappa shape index (κ3) is 1.78. The Morgan fingerprint density at radius 2 is 2.55 bits per heavy atom. The molecule has 0 aromatic heterocycles. The summed E-state index contributed by atoms with van der Waals surface area (Å²) in [6.45, 7) is 6.01. The molecular formula is C8H16N2S. The molecule has 1 rings (SSSR count). The zero-order valence-corrected chi connectivity index (χ0v) is 7.79. The molecule has 0 spiro atoms. The van der Waals surface area contributed by atoms with Gasteiger partial charge in [-0.3, -0.25) is 11.3 Å². The van der Waals surface area contributed by atoms with E-state index in [4.69, 9.17) is 5.84 Å². The highest BCUT2D eigenvalue weighted by molar-refractivity contribution is 8.00. The fraction of sp³-hybridized carbons (Fsp3) is 0.750. The molecule has 2 atom stereocenters. The highest BCUT2D eigenvalue weighted by Crippen LogP contribution is 2.40. The summed E-state index contributed by atoms with van der Waals surface area (Å²) in [4.78, 5) is 0. The molecule has 0 amide bonds. The number of rotatable bonds is 3. The van der Waals surface area contributed by atoms with Crippen molar-refractivity contribution < 1.29 is 0 Å². The molecule has 0 aromatic rings. The van der Waals surface area contributed by atoms with Crippen LogP contribution in [0.15, 0.2) is 12.7 Å². The molecule has 2 unspecified atom stereocenters. The van der Waals surface area contributed by atoms with E-state index in [9.17, 15) is 0 Å². The van der Waals surface area contributed by atoms with Crippen LogP contribution in [0, 0.1) is 0 Å². The van der Waals surface area contributed by atoms with Crippen LogP contribution >= 0.6 is 11.8 Å². The van der Waals surface area contributed by atoms with Gasteiger partial charge in [-0.05, 0) is 25.5 Å². The van der Waals surface area contributed by atoms with Crippen LogP contribution in [0.4, 0.5) is 0 Å². The van der Waals surface area contributed by atoms with E-state index in [2.05, 4.69) is 18.9 Å². The third-order valence-corrected chi connectivity index (χ3v) is 3.93. The van der Waals surface area contributed by atoms with Crippen LogP contribution in [0.1, 0.15) is 19.8 Å². The maximum atomic E-state index is 5.41. The summed E-state index contributed by atoms with van der Waals surface area (Å²) >= 11 is 1.99. The highest BCUT2D eigenvalue weighted by atomic mass is 32.2. The summed E-state index contributed by atoms with van der Waals surface area (Å²) in [6, 6.07) is 0.245. The second-order valence-electron chi connectivity index (χ2n) is 3.14. The van der Waals surface area contributed by atoms with E-state index in [1.54, 1.807) is 0 Å². The largest absolute Gasteiger partial charge is 0.271 e. The number of nitrogens with one attached hydrogen (secondary N) is 1. The van der Waals surface area contributed by atoms with Crippen molar-refractivity contribution in [2.75, 3.05) is 5.75 Å². The summed E-state index contributed by atoms with van der Waals surface area (Å²) in [5, 5.41) is 0. The Bertz CT molecular complexity index is 141. The number of hydrogen-bond acceptors (Lipinski definition) is 3. The Morgan fingerprint density at radius 1 is 1.82 bits per heavy atom. The van der Waals surface area contributed by atoms with E-state index < -0.39 is 0 Å². The molecule has 1 heterocycles. The molecule has 0 bridgehead atoms. The minimum Gasteiger partial charge on any atom is -0.271 e. The fourth-order valence-electron chi connectivity index (χ4n) is 1.54. The van der Waals surface area contributed by atoms with Crippen LogP contribution in [0.5, 0.6) is 0 Å². The van der Waals surface area contributed by atoms with Gasteiger partial charge in [0.2, 0.25) is 0 Å². The molecule has 64 valence electrons. The summed E-state index contributed by atoms with van der Waals surface area (Å²) < 4.78 is 0.274. The van der Waals surface area contributed by atoms with E-state index in [0.717, 1.165) is 0 Å². The molecule has 3 heteroatoms. The first-order chi connectivity index (χ1) is 5.23. The van der Waals surface area contributed by atoms with Crippen molar-refractivity contribution in [3.63, 3.8) is 0 Å². The van der Waals surface area contributed by atoms with Crippen LogP contribution in [0.2, 0.25) is 0 Å². The van der Waals surface area contributed by atoms with Crippen molar-refractivity contribution in [3.8, 4) is 0 Å². The first-order valence-corrected chi connectivity index (χ1v) is 4.94. The predicted octanol–water partition coefficient (Wildman–Crippen LogP) is 1.29. The normalized spacial score (nSPS) is 33.6. The average molecular weight is 172 g/mol. The maximum Gasteiger partial charge on any atom is 0.0532 e. The van der Waals surface area contributed by atoms with E-state index >= 15 is 0 Å². The van der Waals surface area contributed by atoms with E-state index in [-0.39, 0.29) is 10.8 Å². The first kappa shape index (κ1) is 9.10. The van der Waals surface area contributed by atoms with Crippen LogP contribution in [0.25, 0.3) is 0 Å². The molecule has 1 aliphatic heterocycles. The maximum absolute atomic E-state index is 5.41. The molecule has 0 aromatic carbocycles. The second-order valence-corrected chi connectivity index (χ2v) is 4.77. The lowest BCUT2D eigenvalue weighted by Crippen LogP contribution is -2.47. The fourth-order valence-corrected chi connectivity index (χ4v) is 2.93. The Morgan fingerprint density at radius 3 is 2.91 bits per heavy atom. The topological polar surface area (TPSA) is 38.0 Å². The smallest absolute Gasteiger partial charge is 0.0532 e. The van der Waals surface area contributed by atoms with Gasteiger partial charge in [0.1, 0.15) is 0 Å². The zero-order chi connectivity index (χ0) is 8.32. The zero-order valence-electron chi connectivity index (χ0n) is 6.97. The summed E-state index contributed by atoms with van der Waals surface area (Å²) in [5.41, 5.74) is 2.80. The minimum absolute atomic E-state index is 0.245.